The summed E-state index contributed by atoms with van der Waals surface area (Å²) in [6.45, 7) is 4.04. The highest BCUT2D eigenvalue weighted by molar-refractivity contribution is 6.02. The Hall–Kier alpha value is -2.64. The number of anilines is 2. The topological polar surface area (TPSA) is 58.1 Å². The molecule has 1 N–H and O–H groups in total. The molecular formula is C18H19F3N4O. The molecule has 2 aromatic rings. The summed E-state index contributed by atoms with van der Waals surface area (Å²) in [5, 5.41) is 10.6. The second-order valence-electron chi connectivity index (χ2n) is 6.48. The molecule has 1 fully saturated rings. The first kappa shape index (κ1) is 18.2. The number of carbonyl (C=O) groups is 1. The minimum Gasteiger partial charge on any atom is -0.355 e. The Balaban J connectivity index is 1.63. The van der Waals surface area contributed by atoms with Crippen molar-refractivity contribution in [3.8, 4) is 0 Å². The Kier molecular flexibility index (Phi) is 5.11. The minimum atomic E-state index is -4.41. The van der Waals surface area contributed by atoms with Crippen molar-refractivity contribution in [2.75, 3.05) is 23.3 Å². The molecular weight excluding hydrogens is 345 g/mol. The van der Waals surface area contributed by atoms with Crippen molar-refractivity contribution < 1.29 is 18.0 Å². The van der Waals surface area contributed by atoms with E-state index in [9.17, 15) is 18.0 Å². The number of amides is 1. The molecule has 0 unspecified atom stereocenters. The molecule has 1 saturated heterocycles. The highest BCUT2D eigenvalue weighted by Gasteiger charge is 2.30. The smallest absolute Gasteiger partial charge is 0.355 e. The van der Waals surface area contributed by atoms with E-state index in [4.69, 9.17) is 0 Å². The molecule has 2 heterocycles. The number of nitrogens with one attached hydrogen (secondary N) is 1. The van der Waals surface area contributed by atoms with Crippen LogP contribution in [0.1, 0.15) is 35.8 Å². The van der Waals surface area contributed by atoms with E-state index in [2.05, 4.69) is 27.3 Å². The van der Waals surface area contributed by atoms with E-state index < -0.39 is 17.6 Å². The summed E-state index contributed by atoms with van der Waals surface area (Å²) >= 11 is 0. The Morgan fingerprint density at radius 2 is 1.73 bits per heavy atom. The molecule has 3 rings (SSSR count). The lowest BCUT2D eigenvalue weighted by molar-refractivity contribution is -0.137. The largest absolute Gasteiger partial charge is 0.416 e. The lowest BCUT2D eigenvalue weighted by Crippen LogP contribution is -2.33. The molecule has 0 bridgehead atoms. The molecule has 1 aliphatic rings. The fourth-order valence-corrected chi connectivity index (χ4v) is 2.79. The van der Waals surface area contributed by atoms with E-state index in [1.807, 2.05) is 0 Å². The lowest BCUT2D eigenvalue weighted by Gasteiger charge is -2.30. The van der Waals surface area contributed by atoms with Crippen LogP contribution in [0.2, 0.25) is 0 Å². The third-order valence-electron chi connectivity index (χ3n) is 4.46. The van der Waals surface area contributed by atoms with Crippen LogP contribution in [0.3, 0.4) is 0 Å². The molecule has 0 atom stereocenters. The number of hydrogen-bond donors (Lipinski definition) is 1. The minimum absolute atomic E-state index is 0.110. The Labute approximate surface area is 149 Å². The van der Waals surface area contributed by atoms with Crippen molar-refractivity contribution in [1.29, 1.82) is 0 Å². The zero-order valence-corrected chi connectivity index (χ0v) is 14.3. The summed E-state index contributed by atoms with van der Waals surface area (Å²) < 4.78 is 37.7. The monoisotopic (exact) mass is 364 g/mol. The van der Waals surface area contributed by atoms with E-state index in [0.29, 0.717) is 5.92 Å². The van der Waals surface area contributed by atoms with Gasteiger partial charge >= 0.3 is 6.18 Å². The first-order valence-corrected chi connectivity index (χ1v) is 8.40. The van der Waals surface area contributed by atoms with Gasteiger partial charge < -0.3 is 10.2 Å². The number of piperidine rings is 1. The SMILES string of the molecule is CC1CCN(c2ccc(C(=O)Nc3ccc(C(F)(F)F)cc3)nn2)CC1. The van der Waals surface area contributed by atoms with Crippen LogP contribution in [0.15, 0.2) is 36.4 Å². The fourth-order valence-electron chi connectivity index (χ4n) is 2.79. The van der Waals surface area contributed by atoms with E-state index in [-0.39, 0.29) is 11.4 Å². The van der Waals surface area contributed by atoms with Crippen LogP contribution < -0.4 is 10.2 Å². The van der Waals surface area contributed by atoms with Gasteiger partial charge in [-0.2, -0.15) is 13.2 Å². The standard InChI is InChI=1S/C18H19F3N4O/c1-12-8-10-25(11-9-12)16-7-6-15(23-24-16)17(26)22-14-4-2-13(3-5-14)18(19,20)21/h2-7,12H,8-11H2,1H3,(H,22,26). The molecule has 5 nitrogen and oxygen atoms in total. The number of benzene rings is 1. The number of hydrogen-bond acceptors (Lipinski definition) is 4. The van der Waals surface area contributed by atoms with Crippen LogP contribution >= 0.6 is 0 Å². The Morgan fingerprint density at radius 3 is 2.27 bits per heavy atom. The lowest BCUT2D eigenvalue weighted by atomic mass is 9.99. The van der Waals surface area contributed by atoms with Crippen LogP contribution in [0.4, 0.5) is 24.7 Å². The molecule has 1 aliphatic heterocycles. The van der Waals surface area contributed by atoms with Gasteiger partial charge in [-0.25, -0.2) is 0 Å². The fraction of sp³-hybridized carbons (Fsp3) is 0.389. The van der Waals surface area contributed by atoms with Gasteiger partial charge in [-0.15, -0.1) is 10.2 Å². The van der Waals surface area contributed by atoms with Gasteiger partial charge in [0, 0.05) is 18.8 Å². The van der Waals surface area contributed by atoms with Gasteiger partial charge in [0.1, 0.15) is 0 Å². The van der Waals surface area contributed by atoms with E-state index in [0.717, 1.165) is 43.9 Å². The summed E-state index contributed by atoms with van der Waals surface area (Å²) in [5.41, 5.74) is -0.395. The summed E-state index contributed by atoms with van der Waals surface area (Å²) in [6, 6.07) is 7.56. The molecule has 0 saturated carbocycles. The number of aromatic nitrogens is 2. The maximum absolute atomic E-state index is 12.6. The average molecular weight is 364 g/mol. The molecule has 1 amide bonds. The molecule has 0 spiro atoms. The quantitative estimate of drug-likeness (QED) is 0.895. The molecule has 0 radical (unpaired) electrons. The molecule has 1 aromatic heterocycles. The zero-order chi connectivity index (χ0) is 18.7. The van der Waals surface area contributed by atoms with Crippen molar-refractivity contribution in [1.82, 2.24) is 10.2 Å². The van der Waals surface area contributed by atoms with Crippen LogP contribution in [0, 0.1) is 5.92 Å². The van der Waals surface area contributed by atoms with Gasteiger partial charge in [0.2, 0.25) is 0 Å². The van der Waals surface area contributed by atoms with Crippen LogP contribution in [0.5, 0.6) is 0 Å². The molecule has 8 heteroatoms. The van der Waals surface area contributed by atoms with Crippen LogP contribution in [-0.4, -0.2) is 29.2 Å². The Morgan fingerprint density at radius 1 is 1.08 bits per heavy atom. The molecule has 26 heavy (non-hydrogen) atoms. The molecule has 1 aromatic carbocycles. The van der Waals surface area contributed by atoms with Gasteiger partial charge in [0.05, 0.1) is 5.56 Å². The van der Waals surface area contributed by atoms with Gasteiger partial charge in [-0.05, 0) is 55.2 Å². The third-order valence-corrected chi connectivity index (χ3v) is 4.46. The number of rotatable bonds is 3. The van der Waals surface area contributed by atoms with Crippen LogP contribution in [-0.2, 0) is 6.18 Å². The number of alkyl halides is 3. The predicted octanol–water partition coefficient (Wildman–Crippen LogP) is 3.98. The first-order chi connectivity index (χ1) is 12.3. The van der Waals surface area contributed by atoms with E-state index in [1.165, 1.54) is 12.1 Å². The second-order valence-corrected chi connectivity index (χ2v) is 6.48. The number of halogens is 3. The predicted molar refractivity (Wildman–Crippen MR) is 92.0 cm³/mol. The van der Waals surface area contributed by atoms with Gasteiger partial charge in [-0.1, -0.05) is 6.92 Å². The molecule has 0 aliphatic carbocycles. The summed E-state index contributed by atoms with van der Waals surface area (Å²) in [4.78, 5) is 14.3. The van der Waals surface area contributed by atoms with Crippen molar-refractivity contribution in [3.05, 3.63) is 47.7 Å². The van der Waals surface area contributed by atoms with Crippen molar-refractivity contribution >= 4 is 17.4 Å². The van der Waals surface area contributed by atoms with Crippen molar-refractivity contribution in [2.45, 2.75) is 25.9 Å². The highest BCUT2D eigenvalue weighted by atomic mass is 19.4. The summed E-state index contributed by atoms with van der Waals surface area (Å²) in [5.74, 6) is 0.909. The number of carbonyl (C=O) groups excluding carboxylic acids is 1. The number of nitrogens with zero attached hydrogens (tertiary/aromatic N) is 3. The zero-order valence-electron chi connectivity index (χ0n) is 14.3. The van der Waals surface area contributed by atoms with Gasteiger partial charge in [0.15, 0.2) is 11.5 Å². The average Bonchev–Trinajstić information content (AvgIpc) is 2.62. The van der Waals surface area contributed by atoms with Gasteiger partial charge in [0.25, 0.3) is 5.91 Å². The normalized spacial score (nSPS) is 15.8. The van der Waals surface area contributed by atoms with Gasteiger partial charge in [-0.3, -0.25) is 4.79 Å². The molecule has 138 valence electrons. The van der Waals surface area contributed by atoms with Crippen molar-refractivity contribution in [3.63, 3.8) is 0 Å². The van der Waals surface area contributed by atoms with E-state index in [1.54, 1.807) is 12.1 Å². The Bertz CT molecular complexity index is 752. The summed E-state index contributed by atoms with van der Waals surface area (Å²) in [6.07, 6.45) is -2.22. The van der Waals surface area contributed by atoms with Crippen molar-refractivity contribution in [2.24, 2.45) is 5.92 Å². The first-order valence-electron chi connectivity index (χ1n) is 8.40. The summed E-state index contributed by atoms with van der Waals surface area (Å²) in [7, 11) is 0. The maximum atomic E-state index is 12.6. The highest BCUT2D eigenvalue weighted by Crippen LogP contribution is 2.29. The third kappa shape index (κ3) is 4.30. The second kappa shape index (κ2) is 7.31. The maximum Gasteiger partial charge on any atom is 0.416 e. The van der Waals surface area contributed by atoms with Crippen LogP contribution in [0.25, 0.3) is 0 Å². The van der Waals surface area contributed by atoms with E-state index >= 15 is 0 Å².